The van der Waals surface area contributed by atoms with Gasteiger partial charge in [0.25, 0.3) is 0 Å². The third kappa shape index (κ3) is 19.7. The number of likely N-dealkylation sites (tertiary alicyclic amines) is 4. The summed E-state index contributed by atoms with van der Waals surface area (Å²) >= 11 is 0. The van der Waals surface area contributed by atoms with Crippen molar-refractivity contribution in [3.8, 4) is 0 Å². The average molecular weight is 855 g/mol. The highest BCUT2D eigenvalue weighted by molar-refractivity contribution is 5.87. The van der Waals surface area contributed by atoms with Crippen molar-refractivity contribution < 1.29 is 66.8 Å². The Labute approximate surface area is 355 Å². The first kappa shape index (κ1) is 54.8. The molecule has 18 heteroatoms. The summed E-state index contributed by atoms with van der Waals surface area (Å²) in [6, 6.07) is -0.0359. The fourth-order valence-corrected chi connectivity index (χ4v) is 6.39. The molecule has 4 rings (SSSR count). The average Bonchev–Trinajstić information content (AvgIpc) is 4.01. The largest absolute Gasteiger partial charge is 0.508 e. The van der Waals surface area contributed by atoms with E-state index in [9.17, 15) is 38.4 Å². The number of esters is 2. The van der Waals surface area contributed by atoms with Crippen molar-refractivity contribution in [1.82, 2.24) is 19.6 Å². The fourth-order valence-electron chi connectivity index (χ4n) is 6.39. The van der Waals surface area contributed by atoms with E-state index in [1.165, 1.54) is 6.92 Å². The molecule has 0 radical (unpaired) electrons. The zero-order chi connectivity index (χ0) is 43.1. The first-order valence-corrected chi connectivity index (χ1v) is 20.0. The Morgan fingerprint density at radius 3 is 1.48 bits per heavy atom. The van der Waals surface area contributed by atoms with Crippen molar-refractivity contribution >= 4 is 47.9 Å². The molecule has 0 N–H and O–H groups in total. The Morgan fingerprint density at radius 2 is 1.10 bits per heavy atom. The van der Waals surface area contributed by atoms with Crippen LogP contribution in [0.2, 0.25) is 0 Å². The summed E-state index contributed by atoms with van der Waals surface area (Å²) < 4.78 is 29.4. The number of hydrogen-bond donors (Lipinski definition) is 0. The molecule has 0 aromatic rings. The van der Waals surface area contributed by atoms with Crippen molar-refractivity contribution in [3.05, 3.63) is 24.9 Å². The molecule has 4 fully saturated rings. The molecule has 0 aliphatic carbocycles. The molecular formula is C42H70N4O14. The van der Waals surface area contributed by atoms with Gasteiger partial charge in [0, 0.05) is 63.5 Å². The summed E-state index contributed by atoms with van der Waals surface area (Å²) in [5, 5.41) is 0. The molecule has 0 aromatic carbocycles. The van der Waals surface area contributed by atoms with E-state index in [1.807, 2.05) is 25.7 Å². The normalized spacial score (nSPS) is 17.1. The number of rotatable bonds is 19. The molecule has 342 valence electrons. The molecule has 0 spiro atoms. The lowest BCUT2D eigenvalue weighted by Gasteiger charge is -2.33. The van der Waals surface area contributed by atoms with Gasteiger partial charge < -0.3 is 48.0 Å². The Hall–Kier alpha value is -5.16. The van der Waals surface area contributed by atoms with Crippen LogP contribution < -0.4 is 0 Å². The van der Waals surface area contributed by atoms with Gasteiger partial charge in [0.05, 0.1) is 18.5 Å². The lowest BCUT2D eigenvalue weighted by Crippen LogP contribution is -2.41. The molecule has 4 aliphatic heterocycles. The number of nitrogens with zero attached hydrogens (tertiary/aromatic N) is 4. The van der Waals surface area contributed by atoms with Gasteiger partial charge in [-0.05, 0) is 65.5 Å². The second-order valence-corrected chi connectivity index (χ2v) is 14.4. The topological polar surface area (TPSA) is 205 Å². The van der Waals surface area contributed by atoms with Gasteiger partial charge in [-0.25, -0.2) is 14.4 Å². The highest BCUT2D eigenvalue weighted by Gasteiger charge is 2.38. The van der Waals surface area contributed by atoms with Crippen molar-refractivity contribution in [2.45, 2.75) is 113 Å². The summed E-state index contributed by atoms with van der Waals surface area (Å²) in [4.78, 5) is 98.5. The van der Waals surface area contributed by atoms with Gasteiger partial charge in [0.15, 0.2) is 0 Å². The first-order valence-electron chi connectivity index (χ1n) is 20.0. The Bertz CT molecular complexity index is 1450. The Balaban J connectivity index is 0.000000995. The summed E-state index contributed by atoms with van der Waals surface area (Å²) in [5.74, 6) is -0.409. The standard InChI is InChI=1S/C21H34N2O7.C13H19NO6.C6H9NO.2CH4/c1-4-21(3,15-16(2)23-10-6-8-18(23)25)19(26)28-13-14-30-20(27)29-12-11-22-9-5-7-17(22)24;1-10(2)12(16)18-8-9-20-13(17)19-7-6-14-5-3-4-11(14)15;1-2-7-5-3-4-6(7)8;;/h16H,4-15H2,1-3H3;1,3-9H2,2H3;2H,1,3-5H2;2*1H4. The van der Waals surface area contributed by atoms with Crippen LogP contribution in [-0.2, 0) is 57.2 Å². The maximum Gasteiger partial charge on any atom is 0.508 e. The second kappa shape index (κ2) is 29.1. The van der Waals surface area contributed by atoms with Gasteiger partial charge in [-0.2, -0.15) is 0 Å². The van der Waals surface area contributed by atoms with E-state index in [0.717, 1.165) is 38.8 Å². The lowest BCUT2D eigenvalue weighted by molar-refractivity contribution is -0.158. The maximum absolute atomic E-state index is 12.6. The van der Waals surface area contributed by atoms with E-state index < -0.39 is 23.7 Å². The van der Waals surface area contributed by atoms with Crippen molar-refractivity contribution in [2.24, 2.45) is 5.41 Å². The minimum atomic E-state index is -0.850. The van der Waals surface area contributed by atoms with Crippen LogP contribution in [0.15, 0.2) is 24.9 Å². The summed E-state index contributed by atoms with van der Waals surface area (Å²) in [5.41, 5.74) is -0.437. The number of amides is 4. The zero-order valence-corrected chi connectivity index (χ0v) is 34.6. The molecule has 4 aliphatic rings. The molecule has 2 atom stereocenters. The maximum atomic E-state index is 12.6. The van der Waals surface area contributed by atoms with Crippen LogP contribution in [0.25, 0.3) is 0 Å². The van der Waals surface area contributed by atoms with Crippen LogP contribution in [0.5, 0.6) is 0 Å². The Morgan fingerprint density at radius 1 is 0.667 bits per heavy atom. The van der Waals surface area contributed by atoms with E-state index in [1.54, 1.807) is 20.9 Å². The highest BCUT2D eigenvalue weighted by Crippen LogP contribution is 2.32. The number of carbonyl (C=O) groups excluding carboxylic acids is 8. The van der Waals surface area contributed by atoms with E-state index in [-0.39, 0.29) is 95.7 Å². The quantitative estimate of drug-likeness (QED) is 0.0724. The summed E-state index contributed by atoms with van der Waals surface area (Å²) in [6.07, 6.45) is 6.89. The summed E-state index contributed by atoms with van der Waals surface area (Å²) in [6.45, 7) is 17.7. The van der Waals surface area contributed by atoms with Crippen LogP contribution in [-0.4, -0.2) is 152 Å². The van der Waals surface area contributed by atoms with Crippen LogP contribution in [0.3, 0.4) is 0 Å². The monoisotopic (exact) mass is 854 g/mol. The molecular weight excluding hydrogens is 784 g/mol. The molecule has 0 saturated carbocycles. The first-order chi connectivity index (χ1) is 27.6. The van der Waals surface area contributed by atoms with Gasteiger partial charge >= 0.3 is 24.2 Å². The fraction of sp³-hybridized carbons (Fsp3) is 0.714. The van der Waals surface area contributed by atoms with Crippen molar-refractivity contribution in [2.75, 3.05) is 78.9 Å². The van der Waals surface area contributed by atoms with Gasteiger partial charge in [0.1, 0.15) is 39.6 Å². The third-order valence-electron chi connectivity index (χ3n) is 9.92. The van der Waals surface area contributed by atoms with Crippen LogP contribution in [0, 0.1) is 5.41 Å². The molecule has 2 unspecified atom stereocenters. The summed E-state index contributed by atoms with van der Waals surface area (Å²) in [7, 11) is 0. The van der Waals surface area contributed by atoms with Gasteiger partial charge in [-0.1, -0.05) is 34.9 Å². The predicted molar refractivity (Wildman–Crippen MR) is 221 cm³/mol. The minimum Gasteiger partial charge on any atom is -0.462 e. The van der Waals surface area contributed by atoms with Gasteiger partial charge in [0.2, 0.25) is 23.6 Å². The molecule has 0 bridgehead atoms. The van der Waals surface area contributed by atoms with E-state index >= 15 is 0 Å². The van der Waals surface area contributed by atoms with E-state index in [2.05, 4.69) is 13.2 Å². The highest BCUT2D eigenvalue weighted by atomic mass is 16.7. The smallest absolute Gasteiger partial charge is 0.462 e. The SMILES string of the molecule is C.C.C=C(C)C(=O)OCCOC(=O)OCCN1CCCC1=O.C=CN1CCCC1=O.CCC(C)(CC(C)N1CCCC1=O)C(=O)OCCOC(=O)OCCN1CCCC1=O. The van der Waals surface area contributed by atoms with Crippen LogP contribution >= 0.6 is 0 Å². The minimum absolute atomic E-state index is 0. The number of carbonyl (C=O) groups is 8. The Kier molecular flexibility index (Phi) is 26.6. The van der Waals surface area contributed by atoms with Crippen molar-refractivity contribution in [1.29, 1.82) is 0 Å². The predicted octanol–water partition coefficient (Wildman–Crippen LogP) is 5.03. The van der Waals surface area contributed by atoms with Crippen LogP contribution in [0.4, 0.5) is 9.59 Å². The van der Waals surface area contributed by atoms with Crippen molar-refractivity contribution in [3.63, 3.8) is 0 Å². The zero-order valence-electron chi connectivity index (χ0n) is 34.6. The molecule has 4 heterocycles. The van der Waals surface area contributed by atoms with Gasteiger partial charge in [-0.15, -0.1) is 0 Å². The molecule has 4 amide bonds. The van der Waals surface area contributed by atoms with Crippen LogP contribution in [0.1, 0.15) is 107 Å². The number of hydrogen-bond acceptors (Lipinski definition) is 14. The van der Waals surface area contributed by atoms with Gasteiger partial charge in [-0.3, -0.25) is 24.0 Å². The molecule has 4 saturated heterocycles. The molecule has 18 nitrogen and oxygen atoms in total. The van der Waals surface area contributed by atoms with E-state index in [0.29, 0.717) is 64.7 Å². The molecule has 60 heavy (non-hydrogen) atoms. The third-order valence-corrected chi connectivity index (χ3v) is 9.92. The number of ether oxygens (including phenoxy) is 6. The lowest BCUT2D eigenvalue weighted by atomic mass is 9.81. The molecule has 0 aromatic heterocycles. The van der Waals surface area contributed by atoms with E-state index in [4.69, 9.17) is 28.4 Å². The second-order valence-electron chi connectivity index (χ2n) is 14.4.